The molecule has 1 aliphatic rings. The summed E-state index contributed by atoms with van der Waals surface area (Å²) in [6.45, 7) is 6.65. The largest absolute Gasteiger partial charge is 0.393 e. The molecular formula is C13H26N2O3. The fourth-order valence-electron chi connectivity index (χ4n) is 2.38. The van der Waals surface area contributed by atoms with E-state index >= 15 is 0 Å². The van der Waals surface area contributed by atoms with Crippen LogP contribution in [0.25, 0.3) is 0 Å². The number of carbonyl (C=O) groups is 1. The zero-order chi connectivity index (χ0) is 13.5. The lowest BCUT2D eigenvalue weighted by molar-refractivity contribution is -0.126. The fourth-order valence-corrected chi connectivity index (χ4v) is 2.38. The van der Waals surface area contributed by atoms with Gasteiger partial charge in [-0.3, -0.25) is 9.69 Å². The van der Waals surface area contributed by atoms with Crippen molar-refractivity contribution in [1.82, 2.24) is 10.2 Å². The summed E-state index contributed by atoms with van der Waals surface area (Å²) in [6.07, 6.45) is 1.69. The molecule has 2 N–H and O–H groups in total. The van der Waals surface area contributed by atoms with Crippen LogP contribution in [0, 0.1) is 5.92 Å². The van der Waals surface area contributed by atoms with Crippen molar-refractivity contribution < 1.29 is 14.6 Å². The molecule has 0 radical (unpaired) electrons. The lowest BCUT2D eigenvalue weighted by atomic mass is 9.91. The number of ether oxygens (including phenoxy) is 1. The van der Waals surface area contributed by atoms with E-state index in [2.05, 4.69) is 10.2 Å². The van der Waals surface area contributed by atoms with E-state index in [1.807, 2.05) is 13.8 Å². The summed E-state index contributed by atoms with van der Waals surface area (Å²) >= 11 is 0. The van der Waals surface area contributed by atoms with Gasteiger partial charge < -0.3 is 15.2 Å². The maximum absolute atomic E-state index is 11.9. The Bertz CT molecular complexity index is 251. The Hall–Kier alpha value is -0.650. The highest BCUT2D eigenvalue weighted by Gasteiger charge is 2.28. The molecule has 106 valence electrons. The van der Waals surface area contributed by atoms with Gasteiger partial charge in [-0.05, 0) is 45.7 Å². The summed E-state index contributed by atoms with van der Waals surface area (Å²) < 4.78 is 4.90. The van der Waals surface area contributed by atoms with Gasteiger partial charge in [0.15, 0.2) is 0 Å². The molecule has 1 fully saturated rings. The Morgan fingerprint density at radius 1 is 1.44 bits per heavy atom. The van der Waals surface area contributed by atoms with Crippen molar-refractivity contribution in [3.8, 4) is 0 Å². The Labute approximate surface area is 109 Å². The summed E-state index contributed by atoms with van der Waals surface area (Å²) in [6, 6.07) is -0.100. The number of carbonyl (C=O) groups excluding carboxylic acids is 1. The quantitative estimate of drug-likeness (QED) is 0.670. The molecule has 0 aromatic heterocycles. The Kier molecular flexibility index (Phi) is 6.60. The highest BCUT2D eigenvalue weighted by molar-refractivity contribution is 5.81. The summed E-state index contributed by atoms with van der Waals surface area (Å²) in [5.41, 5.74) is 0. The number of likely N-dealkylation sites (tertiary alicyclic amines) is 1. The van der Waals surface area contributed by atoms with Crippen LogP contribution in [0.15, 0.2) is 0 Å². The molecule has 2 unspecified atom stereocenters. The van der Waals surface area contributed by atoms with Gasteiger partial charge in [0, 0.05) is 13.7 Å². The SMILES string of the molecule is COCCNC(=O)C(C)N1CCC(C(C)O)CC1. The van der Waals surface area contributed by atoms with Gasteiger partial charge in [-0.25, -0.2) is 0 Å². The number of aliphatic hydroxyl groups is 1. The first kappa shape index (κ1) is 15.4. The monoisotopic (exact) mass is 258 g/mol. The van der Waals surface area contributed by atoms with Crippen molar-refractivity contribution in [3.63, 3.8) is 0 Å². The van der Waals surface area contributed by atoms with Crippen LogP contribution in [0.5, 0.6) is 0 Å². The normalized spacial score (nSPS) is 21.6. The number of rotatable bonds is 6. The maximum Gasteiger partial charge on any atom is 0.237 e. The van der Waals surface area contributed by atoms with E-state index in [1.54, 1.807) is 7.11 Å². The third kappa shape index (κ3) is 4.55. The van der Waals surface area contributed by atoms with Gasteiger partial charge in [0.25, 0.3) is 0 Å². The van der Waals surface area contributed by atoms with Crippen molar-refractivity contribution in [2.24, 2.45) is 5.92 Å². The topological polar surface area (TPSA) is 61.8 Å². The molecule has 5 nitrogen and oxygen atoms in total. The molecule has 1 saturated heterocycles. The van der Waals surface area contributed by atoms with Crippen LogP contribution in [0.2, 0.25) is 0 Å². The van der Waals surface area contributed by atoms with Gasteiger partial charge in [-0.15, -0.1) is 0 Å². The first-order valence-corrected chi connectivity index (χ1v) is 6.75. The third-order valence-corrected chi connectivity index (χ3v) is 3.79. The minimum absolute atomic E-state index is 0.0579. The minimum Gasteiger partial charge on any atom is -0.393 e. The molecular weight excluding hydrogens is 232 g/mol. The van der Waals surface area contributed by atoms with Gasteiger partial charge >= 0.3 is 0 Å². The van der Waals surface area contributed by atoms with Gasteiger partial charge in [0.05, 0.1) is 18.8 Å². The van der Waals surface area contributed by atoms with Crippen LogP contribution < -0.4 is 5.32 Å². The zero-order valence-corrected chi connectivity index (χ0v) is 11.7. The van der Waals surface area contributed by atoms with Crippen molar-refractivity contribution in [2.75, 3.05) is 33.4 Å². The van der Waals surface area contributed by atoms with E-state index in [4.69, 9.17) is 4.74 Å². The lowest BCUT2D eigenvalue weighted by Gasteiger charge is -2.36. The molecule has 18 heavy (non-hydrogen) atoms. The summed E-state index contributed by atoms with van der Waals surface area (Å²) in [5, 5.41) is 12.4. The van der Waals surface area contributed by atoms with E-state index in [0.717, 1.165) is 25.9 Å². The molecule has 2 atom stereocenters. The van der Waals surface area contributed by atoms with Crippen molar-refractivity contribution >= 4 is 5.91 Å². The van der Waals surface area contributed by atoms with Gasteiger partial charge in [0.1, 0.15) is 0 Å². The number of nitrogens with zero attached hydrogens (tertiary/aromatic N) is 1. The predicted molar refractivity (Wildman–Crippen MR) is 70.3 cm³/mol. The Balaban J connectivity index is 2.30. The number of aliphatic hydroxyl groups excluding tert-OH is 1. The second kappa shape index (κ2) is 7.71. The average Bonchev–Trinajstić information content (AvgIpc) is 2.38. The molecule has 0 aromatic carbocycles. The summed E-state index contributed by atoms with van der Waals surface area (Å²) in [5.74, 6) is 0.438. The molecule has 0 bridgehead atoms. The molecule has 0 saturated carbocycles. The molecule has 1 amide bonds. The van der Waals surface area contributed by atoms with E-state index in [1.165, 1.54) is 0 Å². The number of methoxy groups -OCH3 is 1. The summed E-state index contributed by atoms with van der Waals surface area (Å²) in [7, 11) is 1.62. The molecule has 0 spiro atoms. The van der Waals surface area contributed by atoms with Crippen LogP contribution in [0.1, 0.15) is 26.7 Å². The zero-order valence-electron chi connectivity index (χ0n) is 11.7. The molecule has 1 heterocycles. The van der Waals surface area contributed by atoms with Crippen LogP contribution in [0.4, 0.5) is 0 Å². The standard InChI is InChI=1S/C13H26N2O3/c1-10(13(17)14-6-9-18-3)15-7-4-12(5-8-15)11(2)16/h10-12,16H,4-9H2,1-3H3,(H,14,17). The Morgan fingerprint density at radius 3 is 2.56 bits per heavy atom. The lowest BCUT2D eigenvalue weighted by Crippen LogP contribution is -2.49. The molecule has 0 aliphatic carbocycles. The maximum atomic E-state index is 11.9. The van der Waals surface area contributed by atoms with Gasteiger partial charge in [0.2, 0.25) is 5.91 Å². The molecule has 1 aliphatic heterocycles. The van der Waals surface area contributed by atoms with Crippen LogP contribution >= 0.6 is 0 Å². The van der Waals surface area contributed by atoms with Crippen LogP contribution in [-0.4, -0.2) is 61.4 Å². The first-order chi connectivity index (χ1) is 8.56. The number of amides is 1. The second-order valence-corrected chi connectivity index (χ2v) is 5.07. The van der Waals surface area contributed by atoms with E-state index in [-0.39, 0.29) is 18.1 Å². The second-order valence-electron chi connectivity index (χ2n) is 5.07. The number of nitrogens with one attached hydrogen (secondary N) is 1. The smallest absolute Gasteiger partial charge is 0.237 e. The Morgan fingerprint density at radius 2 is 2.06 bits per heavy atom. The highest BCUT2D eigenvalue weighted by atomic mass is 16.5. The van der Waals surface area contributed by atoms with Crippen LogP contribution in [-0.2, 0) is 9.53 Å². The fraction of sp³-hybridized carbons (Fsp3) is 0.923. The van der Waals surface area contributed by atoms with Gasteiger partial charge in [-0.2, -0.15) is 0 Å². The van der Waals surface area contributed by atoms with E-state index in [0.29, 0.717) is 19.1 Å². The predicted octanol–water partition coefficient (Wildman–Crippen LogP) is 0.230. The third-order valence-electron chi connectivity index (χ3n) is 3.79. The van der Waals surface area contributed by atoms with Gasteiger partial charge in [-0.1, -0.05) is 0 Å². The van der Waals surface area contributed by atoms with Crippen molar-refractivity contribution in [2.45, 2.75) is 38.8 Å². The first-order valence-electron chi connectivity index (χ1n) is 6.75. The average molecular weight is 258 g/mol. The van der Waals surface area contributed by atoms with Crippen LogP contribution in [0.3, 0.4) is 0 Å². The molecule has 0 aromatic rings. The van der Waals surface area contributed by atoms with E-state index in [9.17, 15) is 9.90 Å². The molecule has 5 heteroatoms. The number of hydrogen-bond donors (Lipinski definition) is 2. The van der Waals surface area contributed by atoms with Crippen molar-refractivity contribution in [3.05, 3.63) is 0 Å². The van der Waals surface area contributed by atoms with Crippen molar-refractivity contribution in [1.29, 1.82) is 0 Å². The minimum atomic E-state index is -0.238. The number of hydrogen-bond acceptors (Lipinski definition) is 4. The summed E-state index contributed by atoms with van der Waals surface area (Å²) in [4.78, 5) is 14.1. The highest BCUT2D eigenvalue weighted by Crippen LogP contribution is 2.21. The molecule has 1 rings (SSSR count). The van der Waals surface area contributed by atoms with E-state index < -0.39 is 0 Å². The number of piperidine rings is 1.